The molecule has 0 saturated heterocycles. The molecule has 0 fully saturated rings. The lowest BCUT2D eigenvalue weighted by atomic mass is 9.88. The Morgan fingerprint density at radius 3 is 1.07 bits per heavy atom. The lowest BCUT2D eigenvalue weighted by molar-refractivity contribution is -0.418. The zero-order chi connectivity index (χ0) is 24.3. The van der Waals surface area contributed by atoms with Crippen LogP contribution in [0.1, 0.15) is 0 Å². The smallest absolute Gasteiger partial charge is 0.260 e. The van der Waals surface area contributed by atoms with E-state index in [-0.39, 0.29) is 0 Å². The molecule has 0 aliphatic rings. The van der Waals surface area contributed by atoms with Gasteiger partial charge in [0.15, 0.2) is 9.84 Å². The van der Waals surface area contributed by atoms with Crippen molar-refractivity contribution in [3.8, 4) is 0 Å². The average molecular weight is 521 g/mol. The van der Waals surface area contributed by atoms with Crippen LogP contribution < -0.4 is 0 Å². The Bertz CT molecular complexity index is 896. The van der Waals surface area contributed by atoms with Gasteiger partial charge in [-0.05, 0) is 0 Å². The van der Waals surface area contributed by atoms with E-state index in [1.54, 1.807) is 0 Å². The summed E-state index contributed by atoms with van der Waals surface area (Å²) in [4.78, 5) is 0. The predicted molar refractivity (Wildman–Crippen MR) is 67.4 cm³/mol. The summed E-state index contributed by atoms with van der Waals surface area (Å²) in [5, 5.41) is 0. The Kier molecular flexibility index (Phi) is 6.78. The molecule has 0 N–H and O–H groups in total. The summed E-state index contributed by atoms with van der Waals surface area (Å²) in [6.07, 6.45) is -23.5. The normalized spacial score (nSPS) is 16.3. The molecule has 0 aliphatic heterocycles. The summed E-state index contributed by atoms with van der Waals surface area (Å²) in [5.74, 6) is -4.46. The topological polar surface area (TPSA) is 102 Å². The van der Waals surface area contributed by atoms with E-state index in [2.05, 4.69) is 0 Å². The van der Waals surface area contributed by atoms with Crippen LogP contribution in [0.5, 0.6) is 0 Å². The van der Waals surface area contributed by atoms with Crippen molar-refractivity contribution >= 4 is 29.5 Å². The molecule has 6 nitrogen and oxygen atoms in total. The summed E-state index contributed by atoms with van der Waals surface area (Å²) in [6, 6.07) is 0. The van der Waals surface area contributed by atoms with Gasteiger partial charge in [0.1, 0.15) is 0 Å². The molecule has 21 heteroatoms. The summed E-state index contributed by atoms with van der Waals surface area (Å²) in [6.45, 7) is 0. The van der Waals surface area contributed by atoms with Crippen LogP contribution in [0.15, 0.2) is 0 Å². The van der Waals surface area contributed by atoms with E-state index >= 15 is 0 Å². The van der Waals surface area contributed by atoms with Gasteiger partial charge in [-0.25, -0.2) is 0 Å². The number of hydrogen-bond donors (Lipinski definition) is 0. The van der Waals surface area contributed by atoms with E-state index in [0.717, 1.165) is 0 Å². The molecule has 0 atom stereocenters. The van der Waals surface area contributed by atoms with Gasteiger partial charge in [-0.2, -0.15) is 52.7 Å². The second-order valence-corrected chi connectivity index (χ2v) is 11.7. The maximum atomic E-state index is 12.8. The summed E-state index contributed by atoms with van der Waals surface area (Å²) in [5.41, 5.74) is -14.2. The third-order valence-electron chi connectivity index (χ3n) is 2.94. The van der Waals surface area contributed by atoms with Crippen LogP contribution in [0.2, 0.25) is 0 Å². The molecule has 0 bridgehead atoms. The van der Waals surface area contributed by atoms with Crippen LogP contribution in [0, 0.1) is 9.33 Å². The highest BCUT2D eigenvalue weighted by Gasteiger charge is 2.84. The molecule has 0 aliphatic carbocycles. The summed E-state index contributed by atoms with van der Waals surface area (Å²) in [7, 11) is -21.6. The van der Waals surface area contributed by atoms with E-state index in [1.807, 2.05) is 0 Å². The Morgan fingerprint density at radius 2 is 0.897 bits per heavy atom. The van der Waals surface area contributed by atoms with Crippen LogP contribution in [-0.4, -0.2) is 61.3 Å². The summed E-state index contributed by atoms with van der Waals surface area (Å²) < 4.78 is 216. The molecule has 0 rings (SSSR count). The predicted octanol–water partition coefficient (Wildman–Crippen LogP) is 2.50. The first-order valence-electron chi connectivity index (χ1n) is 5.88. The highest BCUT2D eigenvalue weighted by molar-refractivity contribution is 8.29. The molecule has 0 spiro atoms. The van der Waals surface area contributed by atoms with Crippen molar-refractivity contribution in [1.29, 1.82) is 0 Å². The lowest BCUT2D eigenvalue weighted by Crippen LogP contribution is -2.63. The fourth-order valence-electron chi connectivity index (χ4n) is 1.76. The molecule has 29 heavy (non-hydrogen) atoms. The molecule has 0 amide bonds. The largest absolute Gasteiger partial charge is 0.470 e. The van der Waals surface area contributed by atoms with Crippen molar-refractivity contribution in [3.63, 3.8) is 0 Å². The van der Waals surface area contributed by atoms with E-state index in [1.165, 1.54) is 0 Å². The van der Waals surface area contributed by atoms with Gasteiger partial charge in [0, 0.05) is 6.26 Å². The van der Waals surface area contributed by atoms with Crippen molar-refractivity contribution in [2.24, 2.45) is 5.41 Å². The second kappa shape index (κ2) is 7.02. The molecule has 0 heterocycles. The molecule has 176 valence electrons. The Morgan fingerprint density at radius 1 is 0.621 bits per heavy atom. The number of halogens is 12. The van der Waals surface area contributed by atoms with E-state index < -0.39 is 74.9 Å². The number of hydrogen-bond acceptors (Lipinski definition) is 6. The lowest BCUT2D eigenvalue weighted by Gasteiger charge is -2.40. The monoisotopic (exact) mass is 521 g/mol. The Hall–Kier alpha value is -0.990. The van der Waals surface area contributed by atoms with Crippen LogP contribution in [0.4, 0.5) is 52.7 Å². The van der Waals surface area contributed by atoms with Gasteiger partial charge in [0.2, 0.25) is 0 Å². The maximum absolute atomic E-state index is 12.8. The van der Waals surface area contributed by atoms with Gasteiger partial charge in [-0.3, -0.25) is 25.3 Å². The zero-order valence-electron chi connectivity index (χ0n) is 12.9. The molecule has 0 aromatic rings. The maximum Gasteiger partial charge on any atom is 0.470 e. The van der Waals surface area contributed by atoms with Crippen molar-refractivity contribution in [1.82, 2.24) is 0 Å². The quantitative estimate of drug-likeness (QED) is 0.407. The van der Waals surface area contributed by atoms with Crippen molar-refractivity contribution < 1.29 is 77.9 Å². The molecule has 0 aromatic carbocycles. The number of sulfone groups is 3. The second-order valence-electron chi connectivity index (χ2n) is 5.13. The molecule has 0 unspecified atom stereocenters. The van der Waals surface area contributed by atoms with Crippen molar-refractivity contribution in [2.75, 3.05) is 12.0 Å². The molecule has 0 aromatic heterocycles. The minimum Gasteiger partial charge on any atom is -0.260 e. The highest BCUT2D eigenvalue weighted by atomic mass is 32.3. The van der Waals surface area contributed by atoms with Gasteiger partial charge in [-0.1, -0.05) is 0 Å². The van der Waals surface area contributed by atoms with Crippen molar-refractivity contribution in [2.45, 2.75) is 24.0 Å². The van der Waals surface area contributed by atoms with Gasteiger partial charge in [-0.15, -0.1) is 0 Å². The van der Waals surface area contributed by atoms with Crippen molar-refractivity contribution in [3.05, 3.63) is 3.91 Å². The van der Waals surface area contributed by atoms with Gasteiger partial charge < -0.3 is 0 Å². The SMILES string of the molecule is CS(=O)(=O)[C-](S(=O)(=O)CC(C(F)(F)F)(C(F)(F)F)C(F)(F)F)S(=O)(=O)C(F)(F)F. The molecular formula is C8H5F12O6S3-. The van der Waals surface area contributed by atoms with E-state index in [9.17, 15) is 77.9 Å². The van der Waals surface area contributed by atoms with Crippen LogP contribution in [0.3, 0.4) is 0 Å². The van der Waals surface area contributed by atoms with Crippen LogP contribution in [0.25, 0.3) is 0 Å². The Balaban J connectivity index is 7.31. The van der Waals surface area contributed by atoms with Gasteiger partial charge in [0.25, 0.3) is 5.41 Å². The zero-order valence-corrected chi connectivity index (χ0v) is 15.4. The molecule has 0 radical (unpaired) electrons. The average Bonchev–Trinajstić information content (AvgIpc) is 2.26. The number of alkyl halides is 12. The first-order valence-corrected chi connectivity index (χ1v) is 10.9. The fraction of sp³-hybridized carbons (Fsp3) is 0.875. The van der Waals surface area contributed by atoms with Gasteiger partial charge >= 0.3 is 24.0 Å². The standard InChI is InChI=1S/C8H5F12O6S3/c1-27(21,22)3(29(25,26)8(18,19)20)28(23,24)2-4(5(9,10)11,6(12,13)14)7(15,16)17/h2H2,1H3/q-1. The number of rotatable bonds is 5. The first kappa shape index (κ1) is 28.0. The highest BCUT2D eigenvalue weighted by Crippen LogP contribution is 2.60. The summed E-state index contributed by atoms with van der Waals surface area (Å²) >= 11 is 0. The minimum absolute atomic E-state index is 0.695. The minimum atomic E-state index is -7.72. The fourth-order valence-corrected chi connectivity index (χ4v) is 8.83. The van der Waals surface area contributed by atoms with Gasteiger partial charge in [0.05, 0.1) is 29.3 Å². The third-order valence-corrected chi connectivity index (χ3v) is 10.6. The van der Waals surface area contributed by atoms with E-state index in [0.29, 0.717) is 0 Å². The Labute approximate surface area is 153 Å². The molecule has 0 saturated carbocycles. The molecular weight excluding hydrogens is 516 g/mol. The van der Waals surface area contributed by atoms with Crippen LogP contribution in [-0.2, 0) is 29.5 Å². The van der Waals surface area contributed by atoms with E-state index in [4.69, 9.17) is 0 Å². The van der Waals surface area contributed by atoms with Crippen LogP contribution >= 0.6 is 0 Å². The first-order chi connectivity index (χ1) is 12.1. The third kappa shape index (κ3) is 4.85.